The largest absolute Gasteiger partial charge is 0.467 e. The zero-order valence-corrected chi connectivity index (χ0v) is 14.7. The lowest BCUT2D eigenvalue weighted by Crippen LogP contribution is -2.38. The third kappa shape index (κ3) is 8.91. The summed E-state index contributed by atoms with van der Waals surface area (Å²) in [4.78, 5) is 4.48. The summed E-state index contributed by atoms with van der Waals surface area (Å²) in [5.41, 5.74) is 0.339. The zero-order valence-electron chi connectivity index (χ0n) is 12.3. The van der Waals surface area contributed by atoms with Gasteiger partial charge in [-0.15, -0.1) is 24.0 Å². The molecule has 0 fully saturated rings. The molecule has 5 heteroatoms. The summed E-state index contributed by atoms with van der Waals surface area (Å²) in [5.74, 6) is 1.72. The molecule has 0 atom stereocenters. The summed E-state index contributed by atoms with van der Waals surface area (Å²) in [5, 5.41) is 6.57. The molecular formula is C14H26IN3O. The van der Waals surface area contributed by atoms with E-state index in [2.05, 4.69) is 43.3 Å². The summed E-state index contributed by atoms with van der Waals surface area (Å²) in [7, 11) is 0. The van der Waals surface area contributed by atoms with Crippen molar-refractivity contribution in [1.82, 2.24) is 10.6 Å². The van der Waals surface area contributed by atoms with Crippen molar-refractivity contribution in [1.29, 1.82) is 0 Å². The molecule has 1 aromatic heterocycles. The van der Waals surface area contributed by atoms with Crippen LogP contribution in [-0.4, -0.2) is 19.0 Å². The van der Waals surface area contributed by atoms with Crippen LogP contribution < -0.4 is 10.6 Å². The van der Waals surface area contributed by atoms with E-state index in [0.29, 0.717) is 12.0 Å². The van der Waals surface area contributed by atoms with E-state index in [0.717, 1.165) is 31.2 Å². The number of hydrogen-bond acceptors (Lipinski definition) is 2. The summed E-state index contributed by atoms with van der Waals surface area (Å²) in [6.45, 7) is 11.1. The third-order valence-electron chi connectivity index (χ3n) is 2.48. The predicted molar refractivity (Wildman–Crippen MR) is 91.0 cm³/mol. The number of rotatable bonds is 5. The smallest absolute Gasteiger partial charge is 0.191 e. The number of guanidine groups is 1. The number of hydrogen-bond donors (Lipinski definition) is 2. The van der Waals surface area contributed by atoms with Gasteiger partial charge < -0.3 is 15.1 Å². The lowest BCUT2D eigenvalue weighted by atomic mass is 9.92. The van der Waals surface area contributed by atoms with E-state index in [1.165, 1.54) is 0 Å². The van der Waals surface area contributed by atoms with E-state index in [1.807, 2.05) is 12.1 Å². The second kappa shape index (κ2) is 9.23. The van der Waals surface area contributed by atoms with E-state index in [4.69, 9.17) is 4.42 Å². The van der Waals surface area contributed by atoms with Gasteiger partial charge in [0.15, 0.2) is 5.96 Å². The molecule has 0 amide bonds. The van der Waals surface area contributed by atoms with Gasteiger partial charge in [-0.25, -0.2) is 4.99 Å². The SMILES string of the molecule is CCNC(=NCc1ccco1)NCCC(C)(C)C.I. The van der Waals surface area contributed by atoms with Gasteiger partial charge in [0.05, 0.1) is 6.26 Å². The van der Waals surface area contributed by atoms with E-state index >= 15 is 0 Å². The Bertz CT molecular complexity index is 355. The van der Waals surface area contributed by atoms with Crippen molar-refractivity contribution in [3.05, 3.63) is 24.2 Å². The fraction of sp³-hybridized carbons (Fsp3) is 0.643. The average Bonchev–Trinajstić information content (AvgIpc) is 2.77. The van der Waals surface area contributed by atoms with E-state index in [9.17, 15) is 0 Å². The second-order valence-corrected chi connectivity index (χ2v) is 5.51. The Kier molecular flexibility index (Phi) is 8.88. The van der Waals surface area contributed by atoms with Crippen LogP contribution in [0.25, 0.3) is 0 Å². The van der Waals surface area contributed by atoms with Crippen molar-refractivity contribution in [3.8, 4) is 0 Å². The number of furan rings is 1. The molecule has 0 spiro atoms. The Morgan fingerprint density at radius 2 is 2.05 bits per heavy atom. The van der Waals surface area contributed by atoms with E-state index in [1.54, 1.807) is 6.26 Å². The standard InChI is InChI=1S/C14H25N3O.HI/c1-5-15-13(16-9-8-14(2,3)4)17-11-12-7-6-10-18-12;/h6-7,10H,5,8-9,11H2,1-4H3,(H2,15,16,17);1H. The first kappa shape index (κ1) is 18.3. The van der Waals surface area contributed by atoms with Gasteiger partial charge in [0, 0.05) is 13.1 Å². The third-order valence-corrected chi connectivity index (χ3v) is 2.48. The maximum absolute atomic E-state index is 5.26. The first-order chi connectivity index (χ1) is 8.51. The van der Waals surface area contributed by atoms with E-state index < -0.39 is 0 Å². The minimum atomic E-state index is 0. The van der Waals surface area contributed by atoms with Crippen molar-refractivity contribution in [2.45, 2.75) is 40.7 Å². The van der Waals surface area contributed by atoms with Crippen LogP contribution in [0.5, 0.6) is 0 Å². The molecule has 0 aliphatic heterocycles. The summed E-state index contributed by atoms with van der Waals surface area (Å²) >= 11 is 0. The number of nitrogens with zero attached hydrogens (tertiary/aromatic N) is 1. The van der Waals surface area contributed by atoms with Gasteiger partial charge >= 0.3 is 0 Å². The quantitative estimate of drug-likeness (QED) is 0.469. The Morgan fingerprint density at radius 3 is 2.58 bits per heavy atom. The lowest BCUT2D eigenvalue weighted by Gasteiger charge is -2.19. The monoisotopic (exact) mass is 379 g/mol. The number of aliphatic imine (C=N–C) groups is 1. The molecule has 2 N–H and O–H groups in total. The van der Waals surface area contributed by atoms with Crippen LogP contribution in [0.15, 0.2) is 27.8 Å². The molecule has 0 unspecified atom stereocenters. The molecule has 0 aliphatic rings. The molecule has 0 saturated heterocycles. The van der Waals surface area contributed by atoms with E-state index in [-0.39, 0.29) is 24.0 Å². The molecule has 0 saturated carbocycles. The molecule has 0 bridgehead atoms. The number of halogens is 1. The highest BCUT2D eigenvalue weighted by Gasteiger charge is 2.09. The van der Waals surface area contributed by atoms with Gasteiger partial charge in [-0.05, 0) is 30.9 Å². The molecule has 0 aromatic carbocycles. The highest BCUT2D eigenvalue weighted by molar-refractivity contribution is 14.0. The molecule has 4 nitrogen and oxygen atoms in total. The van der Waals surface area contributed by atoms with Crippen LogP contribution in [0.1, 0.15) is 39.9 Å². The maximum Gasteiger partial charge on any atom is 0.191 e. The minimum absolute atomic E-state index is 0. The fourth-order valence-electron chi connectivity index (χ4n) is 1.46. The Labute approximate surface area is 133 Å². The zero-order chi connectivity index (χ0) is 13.4. The van der Waals surface area contributed by atoms with Crippen LogP contribution >= 0.6 is 24.0 Å². The molecule has 0 aliphatic carbocycles. The van der Waals surface area contributed by atoms with Crippen molar-refractivity contribution in [2.24, 2.45) is 10.4 Å². The summed E-state index contributed by atoms with van der Waals surface area (Å²) in [6.07, 6.45) is 2.78. The van der Waals surface area contributed by atoms with Crippen LogP contribution in [-0.2, 0) is 6.54 Å². The Balaban J connectivity index is 0.00000324. The highest BCUT2D eigenvalue weighted by atomic mass is 127. The van der Waals surface area contributed by atoms with Gasteiger partial charge in [0.2, 0.25) is 0 Å². The van der Waals surface area contributed by atoms with Crippen LogP contribution in [0.3, 0.4) is 0 Å². The molecular weight excluding hydrogens is 353 g/mol. The maximum atomic E-state index is 5.26. The van der Waals surface area contributed by atoms with Crippen molar-refractivity contribution < 1.29 is 4.42 Å². The van der Waals surface area contributed by atoms with Gasteiger partial charge in [0.1, 0.15) is 12.3 Å². The molecule has 1 heterocycles. The van der Waals surface area contributed by atoms with Gasteiger partial charge in [-0.3, -0.25) is 0 Å². The fourth-order valence-corrected chi connectivity index (χ4v) is 1.46. The predicted octanol–water partition coefficient (Wildman–Crippen LogP) is 3.39. The summed E-state index contributed by atoms with van der Waals surface area (Å²) in [6, 6.07) is 3.81. The topological polar surface area (TPSA) is 49.6 Å². The van der Waals surface area contributed by atoms with Crippen LogP contribution in [0, 0.1) is 5.41 Å². The van der Waals surface area contributed by atoms with Crippen LogP contribution in [0.2, 0.25) is 0 Å². The molecule has 0 radical (unpaired) electrons. The Morgan fingerprint density at radius 1 is 1.32 bits per heavy atom. The van der Waals surface area contributed by atoms with Crippen molar-refractivity contribution in [2.75, 3.05) is 13.1 Å². The molecule has 1 rings (SSSR count). The van der Waals surface area contributed by atoms with Crippen LogP contribution in [0.4, 0.5) is 0 Å². The first-order valence-electron chi connectivity index (χ1n) is 6.56. The Hall–Kier alpha value is -0.720. The minimum Gasteiger partial charge on any atom is -0.467 e. The van der Waals surface area contributed by atoms with Crippen molar-refractivity contribution >= 4 is 29.9 Å². The molecule has 19 heavy (non-hydrogen) atoms. The van der Waals surface area contributed by atoms with Crippen molar-refractivity contribution in [3.63, 3.8) is 0 Å². The lowest BCUT2D eigenvalue weighted by molar-refractivity contribution is 0.377. The molecule has 1 aromatic rings. The second-order valence-electron chi connectivity index (χ2n) is 5.51. The van der Waals surface area contributed by atoms with Gasteiger partial charge in [0.25, 0.3) is 0 Å². The summed E-state index contributed by atoms with van der Waals surface area (Å²) < 4.78 is 5.26. The number of nitrogens with one attached hydrogen (secondary N) is 2. The van der Waals surface area contributed by atoms with Gasteiger partial charge in [-0.2, -0.15) is 0 Å². The normalized spacial score (nSPS) is 11.9. The molecule has 110 valence electrons. The first-order valence-corrected chi connectivity index (χ1v) is 6.56. The highest BCUT2D eigenvalue weighted by Crippen LogP contribution is 2.16. The average molecular weight is 379 g/mol. The van der Waals surface area contributed by atoms with Gasteiger partial charge in [-0.1, -0.05) is 20.8 Å².